The topological polar surface area (TPSA) is 47.6 Å². The first-order valence-corrected chi connectivity index (χ1v) is 5.92. The molecule has 0 saturated heterocycles. The fraction of sp³-hybridized carbons (Fsp3) is 0.917. The molecule has 0 aromatic rings. The van der Waals surface area contributed by atoms with Crippen molar-refractivity contribution < 1.29 is 14.3 Å². The molecule has 1 N–H and O–H groups in total. The Morgan fingerprint density at radius 2 is 1.94 bits per heavy atom. The summed E-state index contributed by atoms with van der Waals surface area (Å²) in [6.07, 6.45) is 2.99. The van der Waals surface area contributed by atoms with E-state index in [1.54, 1.807) is 7.11 Å². The van der Waals surface area contributed by atoms with Crippen molar-refractivity contribution in [3.05, 3.63) is 0 Å². The van der Waals surface area contributed by atoms with Crippen LogP contribution >= 0.6 is 0 Å². The Bertz CT molecular complexity index is 185. The highest BCUT2D eigenvalue weighted by Crippen LogP contribution is 2.07. The lowest BCUT2D eigenvalue weighted by Crippen LogP contribution is -2.31. The summed E-state index contributed by atoms with van der Waals surface area (Å²) in [4.78, 5) is 11.2. The summed E-state index contributed by atoms with van der Waals surface area (Å²) in [7, 11) is 3.15. The van der Waals surface area contributed by atoms with Gasteiger partial charge < -0.3 is 14.8 Å². The number of unbranched alkanes of at least 4 members (excludes halogenated alkanes) is 1. The van der Waals surface area contributed by atoms with E-state index in [9.17, 15) is 4.79 Å². The number of rotatable bonds is 9. The summed E-state index contributed by atoms with van der Waals surface area (Å²) in [5.41, 5.74) is 0. The maximum atomic E-state index is 11.2. The van der Waals surface area contributed by atoms with E-state index in [2.05, 4.69) is 17.0 Å². The van der Waals surface area contributed by atoms with E-state index in [0.29, 0.717) is 6.04 Å². The average molecular weight is 231 g/mol. The molecule has 0 bridgehead atoms. The van der Waals surface area contributed by atoms with Gasteiger partial charge in [-0.25, -0.2) is 0 Å². The van der Waals surface area contributed by atoms with E-state index in [1.807, 2.05) is 6.92 Å². The van der Waals surface area contributed by atoms with E-state index < -0.39 is 0 Å². The Hall–Kier alpha value is -0.610. The second kappa shape index (κ2) is 9.60. The van der Waals surface area contributed by atoms with Gasteiger partial charge in [0.05, 0.1) is 13.0 Å². The number of hydrogen-bond donors (Lipinski definition) is 1. The monoisotopic (exact) mass is 231 g/mol. The smallest absolute Gasteiger partial charge is 0.308 e. The molecule has 0 aliphatic heterocycles. The molecule has 96 valence electrons. The van der Waals surface area contributed by atoms with Crippen LogP contribution in [0.15, 0.2) is 0 Å². The highest BCUT2D eigenvalue weighted by molar-refractivity contribution is 5.71. The Balaban J connectivity index is 3.50. The number of methoxy groups -OCH3 is 2. The molecule has 0 aromatic heterocycles. The zero-order valence-electron chi connectivity index (χ0n) is 10.9. The molecule has 0 radical (unpaired) electrons. The molecule has 0 fully saturated rings. The van der Waals surface area contributed by atoms with Crippen LogP contribution in [0.25, 0.3) is 0 Å². The van der Waals surface area contributed by atoms with Crippen molar-refractivity contribution in [1.29, 1.82) is 0 Å². The molecule has 0 saturated carbocycles. The molecule has 16 heavy (non-hydrogen) atoms. The van der Waals surface area contributed by atoms with Crippen LogP contribution in [-0.2, 0) is 14.3 Å². The van der Waals surface area contributed by atoms with Gasteiger partial charge in [0.25, 0.3) is 0 Å². The van der Waals surface area contributed by atoms with Crippen molar-refractivity contribution in [3.8, 4) is 0 Å². The van der Waals surface area contributed by atoms with Crippen molar-refractivity contribution in [1.82, 2.24) is 5.32 Å². The zero-order valence-corrected chi connectivity index (χ0v) is 10.9. The highest BCUT2D eigenvalue weighted by Gasteiger charge is 2.15. The number of nitrogens with one attached hydrogen (secondary N) is 1. The third-order valence-corrected chi connectivity index (χ3v) is 2.58. The second-order valence-electron chi connectivity index (χ2n) is 4.21. The van der Waals surface area contributed by atoms with E-state index in [4.69, 9.17) is 4.74 Å². The zero-order chi connectivity index (χ0) is 12.4. The molecule has 0 aliphatic rings. The first-order valence-electron chi connectivity index (χ1n) is 5.92. The lowest BCUT2D eigenvalue weighted by atomic mass is 10.0. The minimum absolute atomic E-state index is 0.0357. The van der Waals surface area contributed by atoms with Crippen LogP contribution in [0.2, 0.25) is 0 Å². The van der Waals surface area contributed by atoms with E-state index in [-0.39, 0.29) is 11.9 Å². The van der Waals surface area contributed by atoms with Crippen LogP contribution in [0.5, 0.6) is 0 Å². The summed E-state index contributed by atoms with van der Waals surface area (Å²) in [5.74, 6) is -0.167. The fourth-order valence-electron chi connectivity index (χ4n) is 1.63. The van der Waals surface area contributed by atoms with Crippen LogP contribution in [-0.4, -0.2) is 39.4 Å². The molecular formula is C12H25NO3. The number of carbonyl (C=O) groups excluding carboxylic acids is 1. The predicted octanol–water partition coefficient (Wildman–Crippen LogP) is 1.59. The van der Waals surface area contributed by atoms with Crippen molar-refractivity contribution in [3.63, 3.8) is 0 Å². The van der Waals surface area contributed by atoms with Crippen molar-refractivity contribution in [2.75, 3.05) is 27.4 Å². The lowest BCUT2D eigenvalue weighted by Gasteiger charge is -2.17. The standard InChI is InChI=1S/C12H25NO3/c1-10(12(14)16-4)9-11(2)13-7-5-6-8-15-3/h10-11,13H,5-9H2,1-4H3. The summed E-state index contributed by atoms with van der Waals surface area (Å²) in [5, 5.41) is 3.39. The Labute approximate surface area is 98.7 Å². The minimum atomic E-state index is -0.131. The van der Waals surface area contributed by atoms with Gasteiger partial charge in [0.15, 0.2) is 0 Å². The number of ether oxygens (including phenoxy) is 2. The van der Waals surface area contributed by atoms with E-state index in [1.165, 1.54) is 7.11 Å². The summed E-state index contributed by atoms with van der Waals surface area (Å²) in [6, 6.07) is 0.344. The highest BCUT2D eigenvalue weighted by atomic mass is 16.5. The first kappa shape index (κ1) is 15.4. The van der Waals surface area contributed by atoms with Crippen molar-refractivity contribution in [2.24, 2.45) is 5.92 Å². The van der Waals surface area contributed by atoms with Gasteiger partial charge in [-0.1, -0.05) is 6.92 Å². The molecular weight excluding hydrogens is 206 g/mol. The normalized spacial score (nSPS) is 14.5. The van der Waals surface area contributed by atoms with Crippen LogP contribution < -0.4 is 5.32 Å². The molecule has 0 aliphatic carbocycles. The first-order chi connectivity index (χ1) is 7.61. The van der Waals surface area contributed by atoms with Crippen molar-refractivity contribution >= 4 is 5.97 Å². The van der Waals surface area contributed by atoms with Gasteiger partial charge in [0, 0.05) is 19.8 Å². The minimum Gasteiger partial charge on any atom is -0.469 e. The number of hydrogen-bond acceptors (Lipinski definition) is 4. The molecule has 0 spiro atoms. The van der Waals surface area contributed by atoms with Gasteiger partial charge in [-0.15, -0.1) is 0 Å². The van der Waals surface area contributed by atoms with Gasteiger partial charge in [-0.05, 0) is 32.7 Å². The molecule has 4 heteroatoms. The summed E-state index contributed by atoms with van der Waals surface area (Å²) >= 11 is 0. The Morgan fingerprint density at radius 1 is 1.25 bits per heavy atom. The predicted molar refractivity (Wildman–Crippen MR) is 64.4 cm³/mol. The third-order valence-electron chi connectivity index (χ3n) is 2.58. The average Bonchev–Trinajstić information content (AvgIpc) is 2.27. The van der Waals surface area contributed by atoms with E-state index in [0.717, 1.165) is 32.4 Å². The molecule has 0 amide bonds. The van der Waals surface area contributed by atoms with Crippen LogP contribution in [0.4, 0.5) is 0 Å². The Kier molecular flexibility index (Phi) is 9.24. The van der Waals surface area contributed by atoms with Gasteiger partial charge in [-0.3, -0.25) is 4.79 Å². The van der Waals surface area contributed by atoms with Gasteiger partial charge in [0.2, 0.25) is 0 Å². The quantitative estimate of drug-likeness (QED) is 0.483. The SMILES string of the molecule is COCCCCNC(C)CC(C)C(=O)OC. The van der Waals surface area contributed by atoms with Gasteiger partial charge in [-0.2, -0.15) is 0 Å². The maximum Gasteiger partial charge on any atom is 0.308 e. The lowest BCUT2D eigenvalue weighted by molar-refractivity contribution is -0.145. The molecule has 4 nitrogen and oxygen atoms in total. The molecule has 0 aromatic carbocycles. The van der Waals surface area contributed by atoms with E-state index >= 15 is 0 Å². The summed E-state index contributed by atoms with van der Waals surface area (Å²) < 4.78 is 9.66. The molecule has 2 unspecified atom stereocenters. The van der Waals surface area contributed by atoms with Crippen LogP contribution in [0.3, 0.4) is 0 Å². The van der Waals surface area contributed by atoms with Gasteiger partial charge >= 0.3 is 5.97 Å². The van der Waals surface area contributed by atoms with Gasteiger partial charge in [0.1, 0.15) is 0 Å². The molecule has 0 rings (SSSR count). The Morgan fingerprint density at radius 3 is 2.50 bits per heavy atom. The van der Waals surface area contributed by atoms with Crippen molar-refractivity contribution in [2.45, 2.75) is 39.2 Å². The number of carbonyl (C=O) groups is 1. The van der Waals surface area contributed by atoms with Crippen LogP contribution in [0.1, 0.15) is 33.1 Å². The largest absolute Gasteiger partial charge is 0.469 e. The third kappa shape index (κ3) is 7.65. The fourth-order valence-corrected chi connectivity index (χ4v) is 1.63. The second-order valence-corrected chi connectivity index (χ2v) is 4.21. The molecule has 2 atom stereocenters. The summed E-state index contributed by atoms with van der Waals surface area (Å²) in [6.45, 7) is 5.78. The number of esters is 1. The van der Waals surface area contributed by atoms with Crippen LogP contribution in [0, 0.1) is 5.92 Å². The maximum absolute atomic E-state index is 11.2. The molecule has 0 heterocycles.